The van der Waals surface area contributed by atoms with Crippen molar-refractivity contribution in [1.29, 1.82) is 0 Å². The lowest BCUT2D eigenvalue weighted by atomic mass is 10.1. The minimum absolute atomic E-state index is 0.137. The molecule has 3 heterocycles. The number of ether oxygens (including phenoxy) is 2. The molecule has 8 heteroatoms. The number of aliphatic hydroxyl groups excluding tert-OH is 1. The summed E-state index contributed by atoms with van der Waals surface area (Å²) in [5, 5.41) is 9.17. The smallest absolute Gasteiger partial charge is 0.222 e. The van der Waals surface area contributed by atoms with Crippen molar-refractivity contribution in [3.8, 4) is 0 Å². The van der Waals surface area contributed by atoms with E-state index in [4.69, 9.17) is 15.2 Å². The Morgan fingerprint density at radius 1 is 1.43 bits per heavy atom. The molecule has 3 rings (SSSR count). The molecule has 1 saturated heterocycles. The Balaban J connectivity index is 1.61. The Hall–Kier alpha value is -1.77. The van der Waals surface area contributed by atoms with Crippen molar-refractivity contribution in [3.05, 3.63) is 12.5 Å². The molecule has 0 saturated carbocycles. The molecule has 0 amide bonds. The lowest BCUT2D eigenvalue weighted by Crippen LogP contribution is -2.44. The summed E-state index contributed by atoms with van der Waals surface area (Å²) in [4.78, 5) is 12.4. The number of nitrogens with two attached hydrogens (primary N) is 1. The van der Waals surface area contributed by atoms with Crippen molar-refractivity contribution in [2.75, 3.05) is 25.6 Å². The third-order valence-corrected chi connectivity index (χ3v) is 3.69. The first kappa shape index (κ1) is 14.2. The van der Waals surface area contributed by atoms with Gasteiger partial charge in [0.15, 0.2) is 11.4 Å². The molecule has 2 aromatic rings. The maximum atomic E-state index is 9.17. The zero-order valence-electron chi connectivity index (χ0n) is 11.9. The van der Waals surface area contributed by atoms with Gasteiger partial charge in [-0.05, 0) is 13.3 Å². The average Bonchev–Trinajstić information content (AvgIpc) is 2.89. The number of fused-ring (bicyclic) bond motifs is 1. The minimum atomic E-state index is -0.861. The molecular weight excluding hydrogens is 274 g/mol. The SMILES string of the molecule is CC1(CO)OCC(CCn2cnc3cnc(N)nc32)CO1. The Bertz CT molecular complexity index is 621. The number of hydrogen-bond donors (Lipinski definition) is 2. The first-order valence-electron chi connectivity index (χ1n) is 6.92. The highest BCUT2D eigenvalue weighted by Gasteiger charge is 2.32. The van der Waals surface area contributed by atoms with Crippen LogP contribution < -0.4 is 5.73 Å². The Labute approximate surface area is 121 Å². The average molecular weight is 293 g/mol. The topological polar surface area (TPSA) is 108 Å². The third kappa shape index (κ3) is 2.97. The van der Waals surface area contributed by atoms with E-state index in [1.54, 1.807) is 19.4 Å². The van der Waals surface area contributed by atoms with Gasteiger partial charge in [0.25, 0.3) is 0 Å². The van der Waals surface area contributed by atoms with Crippen LogP contribution in [0.4, 0.5) is 5.95 Å². The van der Waals surface area contributed by atoms with E-state index in [0.29, 0.717) is 13.2 Å². The molecule has 8 nitrogen and oxygen atoms in total. The zero-order valence-corrected chi connectivity index (χ0v) is 11.9. The van der Waals surface area contributed by atoms with Gasteiger partial charge in [-0.1, -0.05) is 0 Å². The second-order valence-electron chi connectivity index (χ2n) is 5.44. The van der Waals surface area contributed by atoms with Crippen LogP contribution in [0.1, 0.15) is 13.3 Å². The number of nitrogen functional groups attached to an aromatic ring is 1. The molecule has 114 valence electrons. The number of aromatic nitrogens is 4. The quantitative estimate of drug-likeness (QED) is 0.827. The molecule has 0 atom stereocenters. The summed E-state index contributed by atoms with van der Waals surface area (Å²) in [6.07, 6.45) is 4.23. The highest BCUT2D eigenvalue weighted by atomic mass is 16.7. The van der Waals surface area contributed by atoms with Crippen LogP contribution in [-0.2, 0) is 16.0 Å². The predicted molar refractivity (Wildman–Crippen MR) is 75.2 cm³/mol. The summed E-state index contributed by atoms with van der Waals surface area (Å²) in [5.74, 6) is -0.339. The molecule has 0 aliphatic carbocycles. The van der Waals surface area contributed by atoms with Crippen molar-refractivity contribution in [2.24, 2.45) is 5.92 Å². The number of aliphatic hydroxyl groups is 1. The van der Waals surface area contributed by atoms with E-state index in [1.807, 2.05) is 4.57 Å². The number of hydrogen-bond acceptors (Lipinski definition) is 7. The Kier molecular flexibility index (Phi) is 3.75. The lowest BCUT2D eigenvalue weighted by molar-refractivity contribution is -0.286. The highest BCUT2D eigenvalue weighted by Crippen LogP contribution is 2.23. The van der Waals surface area contributed by atoms with Gasteiger partial charge in [0, 0.05) is 12.5 Å². The van der Waals surface area contributed by atoms with E-state index >= 15 is 0 Å². The minimum Gasteiger partial charge on any atom is -0.391 e. The lowest BCUT2D eigenvalue weighted by Gasteiger charge is -2.36. The number of imidazole rings is 1. The number of aryl methyl sites for hydroxylation is 1. The van der Waals surface area contributed by atoms with Gasteiger partial charge < -0.3 is 24.9 Å². The fourth-order valence-electron chi connectivity index (χ4n) is 2.29. The molecule has 0 radical (unpaired) electrons. The molecule has 1 fully saturated rings. The van der Waals surface area contributed by atoms with Gasteiger partial charge in [-0.25, -0.2) is 9.97 Å². The summed E-state index contributed by atoms with van der Waals surface area (Å²) in [7, 11) is 0. The van der Waals surface area contributed by atoms with Crippen LogP contribution in [0.5, 0.6) is 0 Å². The van der Waals surface area contributed by atoms with E-state index in [1.165, 1.54) is 0 Å². The van der Waals surface area contributed by atoms with Gasteiger partial charge in [-0.15, -0.1) is 0 Å². The maximum absolute atomic E-state index is 9.17. The molecule has 0 aromatic carbocycles. The number of rotatable bonds is 4. The monoisotopic (exact) mass is 293 g/mol. The summed E-state index contributed by atoms with van der Waals surface area (Å²) < 4.78 is 13.1. The second-order valence-corrected chi connectivity index (χ2v) is 5.44. The van der Waals surface area contributed by atoms with Crippen LogP contribution in [0.15, 0.2) is 12.5 Å². The molecule has 1 aliphatic heterocycles. The van der Waals surface area contributed by atoms with Crippen LogP contribution in [0.25, 0.3) is 11.2 Å². The van der Waals surface area contributed by atoms with E-state index in [2.05, 4.69) is 15.0 Å². The van der Waals surface area contributed by atoms with E-state index in [0.717, 1.165) is 24.1 Å². The highest BCUT2D eigenvalue weighted by molar-refractivity contribution is 5.70. The van der Waals surface area contributed by atoms with Gasteiger partial charge in [0.1, 0.15) is 5.52 Å². The van der Waals surface area contributed by atoms with Crippen LogP contribution >= 0.6 is 0 Å². The van der Waals surface area contributed by atoms with Gasteiger partial charge in [-0.3, -0.25) is 0 Å². The maximum Gasteiger partial charge on any atom is 0.222 e. The van der Waals surface area contributed by atoms with Crippen LogP contribution in [0.3, 0.4) is 0 Å². The van der Waals surface area contributed by atoms with Crippen molar-refractivity contribution in [3.63, 3.8) is 0 Å². The molecular formula is C13H19N5O3. The Morgan fingerprint density at radius 2 is 2.19 bits per heavy atom. The number of nitrogens with zero attached hydrogens (tertiary/aromatic N) is 4. The fraction of sp³-hybridized carbons (Fsp3) is 0.615. The van der Waals surface area contributed by atoms with E-state index < -0.39 is 5.79 Å². The van der Waals surface area contributed by atoms with Crippen LogP contribution in [0, 0.1) is 5.92 Å². The van der Waals surface area contributed by atoms with Crippen molar-refractivity contribution >= 4 is 17.1 Å². The molecule has 3 N–H and O–H groups in total. The summed E-state index contributed by atoms with van der Waals surface area (Å²) in [6, 6.07) is 0. The molecule has 2 aromatic heterocycles. The van der Waals surface area contributed by atoms with Crippen molar-refractivity contribution < 1.29 is 14.6 Å². The summed E-state index contributed by atoms with van der Waals surface area (Å²) in [6.45, 7) is 3.50. The van der Waals surface area contributed by atoms with Crippen molar-refractivity contribution in [1.82, 2.24) is 19.5 Å². The number of anilines is 1. The summed E-state index contributed by atoms with van der Waals surface area (Å²) >= 11 is 0. The third-order valence-electron chi connectivity index (χ3n) is 3.69. The normalized spacial score (nSPS) is 26.3. The first-order valence-corrected chi connectivity index (χ1v) is 6.92. The molecule has 21 heavy (non-hydrogen) atoms. The van der Waals surface area contributed by atoms with E-state index in [9.17, 15) is 5.11 Å². The first-order chi connectivity index (χ1) is 10.1. The van der Waals surface area contributed by atoms with Gasteiger partial charge in [0.05, 0.1) is 32.3 Å². The largest absolute Gasteiger partial charge is 0.391 e. The molecule has 0 unspecified atom stereocenters. The standard InChI is InChI=1S/C13H19N5O3/c1-13(7-19)20-5-9(6-21-13)2-3-18-8-16-10-4-15-12(14)17-11(10)18/h4,8-9,19H,2-3,5-7H2,1H3,(H2,14,15,17). The second kappa shape index (κ2) is 5.55. The van der Waals surface area contributed by atoms with Crippen LogP contribution in [-0.4, -0.2) is 50.2 Å². The van der Waals surface area contributed by atoms with Gasteiger partial charge in [-0.2, -0.15) is 4.98 Å². The Morgan fingerprint density at radius 3 is 2.90 bits per heavy atom. The molecule has 0 bridgehead atoms. The predicted octanol–water partition coefficient (Wildman–Crippen LogP) is 0.170. The van der Waals surface area contributed by atoms with Gasteiger partial charge in [0.2, 0.25) is 5.95 Å². The fourth-order valence-corrected chi connectivity index (χ4v) is 2.29. The zero-order chi connectivity index (χ0) is 14.9. The van der Waals surface area contributed by atoms with Gasteiger partial charge >= 0.3 is 0 Å². The van der Waals surface area contributed by atoms with Crippen molar-refractivity contribution in [2.45, 2.75) is 25.7 Å². The molecule has 0 spiro atoms. The summed E-state index contributed by atoms with van der Waals surface area (Å²) in [5.41, 5.74) is 7.08. The molecule has 1 aliphatic rings. The van der Waals surface area contributed by atoms with Crippen LogP contribution in [0.2, 0.25) is 0 Å². The van der Waals surface area contributed by atoms with E-state index in [-0.39, 0.29) is 18.5 Å².